The molecule has 11 heteroatoms. The Bertz CT molecular complexity index is 55.1. The minimum absolute atomic E-state index is 0. The van der Waals surface area contributed by atoms with Crippen LogP contribution in [0.2, 0.25) is 0 Å². The van der Waals surface area contributed by atoms with E-state index in [2.05, 4.69) is 0 Å². The molecular formula is H4Cl2O8S. The van der Waals surface area contributed by atoms with E-state index in [-0.39, 0.29) is 13.5 Å². The van der Waals surface area contributed by atoms with Crippen molar-refractivity contribution in [2.75, 3.05) is 0 Å². The number of halogens is 2. The Kier molecular flexibility index (Phi) is 9.88. The molecule has 0 radical (unpaired) electrons. The van der Waals surface area contributed by atoms with Crippen LogP contribution in [-0.4, -0.2) is 9.32 Å². The van der Waals surface area contributed by atoms with E-state index in [1.807, 2.05) is 0 Å². The van der Waals surface area contributed by atoms with Crippen molar-refractivity contribution < 1.29 is 57.8 Å². The fourth-order valence-corrected chi connectivity index (χ4v) is 0. The van der Waals surface area contributed by atoms with Crippen molar-refractivity contribution in [1.29, 1.82) is 0 Å². The maximum Gasteiger partial charge on any atom is 0.0777 e. The molecule has 0 saturated carbocycles. The molecule has 0 atom stereocenters. The predicted molar refractivity (Wildman–Crippen MR) is 14.8 cm³/mol. The third-order valence-corrected chi connectivity index (χ3v) is 0. The van der Waals surface area contributed by atoms with Crippen LogP contribution in [0.5, 0.6) is 0 Å². The van der Waals surface area contributed by atoms with Crippen molar-refractivity contribution in [2.24, 2.45) is 0 Å². The molecule has 0 aromatic heterocycles. The Labute approximate surface area is 71.8 Å². The van der Waals surface area contributed by atoms with Crippen LogP contribution in [-0.2, 0) is 0 Å². The summed E-state index contributed by atoms with van der Waals surface area (Å²) in [5, 5.41) is 0. The molecule has 0 aliphatic heterocycles. The van der Waals surface area contributed by atoms with Gasteiger partial charge in [0.15, 0.2) is 0 Å². The second-order valence-corrected chi connectivity index (χ2v) is 2.38. The van der Waals surface area contributed by atoms with Crippen molar-refractivity contribution in [3.8, 4) is 0 Å². The second-order valence-electron chi connectivity index (χ2n) is 0.792. The van der Waals surface area contributed by atoms with Crippen LogP contribution in [0.3, 0.4) is 0 Å². The molecule has 0 saturated heterocycles. The average molecular weight is 235 g/mol. The highest BCUT2D eigenvalue weighted by Gasteiger charge is 1.99. The molecule has 11 heavy (non-hydrogen) atoms. The van der Waals surface area contributed by atoms with E-state index in [1.54, 1.807) is 0 Å². The fraction of sp³-hybridized carbons (Fsp3) is 0. The molecule has 0 spiro atoms. The highest BCUT2D eigenvalue weighted by molar-refractivity contribution is 7.59. The Morgan fingerprint density at radius 2 is 0.636 bits per heavy atom. The molecule has 0 fully saturated rings. The van der Waals surface area contributed by atoms with E-state index < -0.39 is 20.5 Å². The lowest BCUT2D eigenvalue weighted by Crippen LogP contribution is -2.58. The maximum absolute atomic E-state index is 8.60. The minimum Gasteiger partial charge on any atom is -0.197 e. The first kappa shape index (κ1) is 17.6. The van der Waals surface area contributed by atoms with Crippen molar-refractivity contribution >= 4 is 13.5 Å². The zero-order chi connectivity index (χ0) is 9.00. The van der Waals surface area contributed by atoms with Gasteiger partial charge in [-0.05, 0) is 0 Å². The van der Waals surface area contributed by atoms with Crippen LogP contribution in [0.15, 0.2) is 0 Å². The van der Waals surface area contributed by atoms with E-state index in [4.69, 9.17) is 37.3 Å². The summed E-state index contributed by atoms with van der Waals surface area (Å²) in [6.45, 7) is 0. The normalized spacial score (nSPS) is 10.9. The van der Waals surface area contributed by atoms with Crippen LogP contribution in [0.25, 0.3) is 0 Å². The van der Waals surface area contributed by atoms with Crippen LogP contribution in [0.4, 0.5) is 0 Å². The van der Waals surface area contributed by atoms with Gasteiger partial charge in [-0.2, -0.15) is 41.4 Å². The lowest BCUT2D eigenvalue weighted by atomic mass is 15.8. The summed E-state index contributed by atoms with van der Waals surface area (Å²) in [5.74, 6) is 0. The largest absolute Gasteiger partial charge is 0.197 e. The standard InChI is InChI=1S/2ClHO4.H2S/c2*2-1(3,4)5;/h2*(H,2,3,4,5);1H2. The molecule has 0 heterocycles. The van der Waals surface area contributed by atoms with E-state index in [0.29, 0.717) is 0 Å². The first-order chi connectivity index (χ1) is 4.00. The van der Waals surface area contributed by atoms with Crippen LogP contribution < -0.4 is 28.0 Å². The lowest BCUT2D eigenvalue weighted by molar-refractivity contribution is -1.92. The zero-order valence-corrected chi connectivity index (χ0v) is 7.11. The van der Waals surface area contributed by atoms with Crippen molar-refractivity contribution in [3.05, 3.63) is 0 Å². The lowest BCUT2D eigenvalue weighted by Gasteiger charge is -2.03. The molecule has 0 bridgehead atoms. The summed E-state index contributed by atoms with van der Waals surface area (Å²) >= 11 is 0. The number of hydrogen-bond donors (Lipinski definition) is 2. The molecule has 2 N–H and O–H groups in total. The summed E-state index contributed by atoms with van der Waals surface area (Å²) in [5.41, 5.74) is 0. The van der Waals surface area contributed by atoms with Crippen LogP contribution >= 0.6 is 13.5 Å². The third kappa shape index (κ3) is 2110. The van der Waals surface area contributed by atoms with Gasteiger partial charge in [0.2, 0.25) is 0 Å². The van der Waals surface area contributed by atoms with E-state index in [1.165, 1.54) is 0 Å². The molecule has 0 rings (SSSR count). The Morgan fingerprint density at radius 3 is 0.636 bits per heavy atom. The van der Waals surface area contributed by atoms with Gasteiger partial charge in [-0.1, -0.05) is 0 Å². The van der Waals surface area contributed by atoms with E-state index >= 15 is 0 Å². The summed E-state index contributed by atoms with van der Waals surface area (Å²) in [4.78, 5) is 0. The zero-order valence-electron chi connectivity index (χ0n) is 4.60. The molecule has 72 valence electrons. The SMILES string of the molecule is S.[O-][Cl+3]([O-])([O-])O.[O-][Cl+3]([O-])([O-])O. The van der Waals surface area contributed by atoms with Crippen molar-refractivity contribution in [3.63, 3.8) is 0 Å². The van der Waals surface area contributed by atoms with Crippen molar-refractivity contribution in [2.45, 2.75) is 0 Å². The first-order valence-electron chi connectivity index (χ1n) is 1.26. The molecule has 0 amide bonds. The van der Waals surface area contributed by atoms with Gasteiger partial charge in [0.1, 0.15) is 0 Å². The third-order valence-electron chi connectivity index (χ3n) is 0. The van der Waals surface area contributed by atoms with Crippen molar-refractivity contribution in [1.82, 2.24) is 0 Å². The maximum atomic E-state index is 8.60. The van der Waals surface area contributed by atoms with Gasteiger partial charge in [0, 0.05) is 0 Å². The van der Waals surface area contributed by atoms with Gasteiger partial charge in [0.05, 0.1) is 29.8 Å². The predicted octanol–water partition coefficient (Wildman–Crippen LogP) is -8.14. The first-order valence-corrected chi connectivity index (χ1v) is 3.79. The van der Waals surface area contributed by atoms with E-state index in [9.17, 15) is 0 Å². The summed E-state index contributed by atoms with van der Waals surface area (Å²) in [6.07, 6.45) is 0. The molecule has 0 aromatic carbocycles. The molecular weight excluding hydrogens is 231 g/mol. The van der Waals surface area contributed by atoms with Gasteiger partial charge in [-0.25, -0.2) is 0 Å². The second kappa shape index (κ2) is 6.16. The molecule has 0 aromatic rings. The van der Waals surface area contributed by atoms with Gasteiger partial charge >= 0.3 is 0 Å². The summed E-state index contributed by atoms with van der Waals surface area (Å²) in [6, 6.07) is 0. The Morgan fingerprint density at radius 1 is 0.636 bits per heavy atom. The minimum atomic E-state index is -4.69. The molecule has 0 aliphatic rings. The number of rotatable bonds is 0. The Balaban J connectivity index is -0.000000107. The Hall–Kier alpha value is 0.610. The monoisotopic (exact) mass is 234 g/mol. The van der Waals surface area contributed by atoms with Gasteiger partial charge in [0.25, 0.3) is 0 Å². The van der Waals surface area contributed by atoms with Crippen LogP contribution in [0.1, 0.15) is 0 Å². The van der Waals surface area contributed by atoms with Crippen LogP contribution in [0, 0.1) is 20.5 Å². The summed E-state index contributed by atoms with van der Waals surface area (Å²) < 4.78 is 65.4. The highest BCUT2D eigenvalue weighted by atomic mass is 35.7. The highest BCUT2D eigenvalue weighted by Crippen LogP contribution is 1.61. The topological polar surface area (TPSA) is 179 Å². The number of hydrogen-bond acceptors (Lipinski definition) is 8. The summed E-state index contributed by atoms with van der Waals surface area (Å²) in [7, 11) is -9.39. The van der Waals surface area contributed by atoms with Gasteiger partial charge in [-0.3, -0.25) is 0 Å². The molecule has 0 unspecified atom stereocenters. The fourth-order valence-electron chi connectivity index (χ4n) is 0. The van der Waals surface area contributed by atoms with Gasteiger partial charge < -0.3 is 0 Å². The molecule has 0 aliphatic carbocycles. The quantitative estimate of drug-likeness (QED) is 0.415. The van der Waals surface area contributed by atoms with E-state index in [0.717, 1.165) is 0 Å². The van der Waals surface area contributed by atoms with Gasteiger partial charge in [-0.15, -0.1) is 0 Å². The smallest absolute Gasteiger partial charge is 0.0777 e. The molecule has 8 nitrogen and oxygen atoms in total. The average Bonchev–Trinajstić information content (AvgIpc) is 1.12.